The van der Waals surface area contributed by atoms with Gasteiger partial charge in [0.25, 0.3) is 0 Å². The highest BCUT2D eigenvalue weighted by atomic mass is 16.1. The van der Waals surface area contributed by atoms with Crippen molar-refractivity contribution in [1.29, 1.82) is 0 Å². The Morgan fingerprint density at radius 3 is 2.70 bits per heavy atom. The summed E-state index contributed by atoms with van der Waals surface area (Å²) in [6.45, 7) is 8.37. The van der Waals surface area contributed by atoms with E-state index in [9.17, 15) is 4.79 Å². The Morgan fingerprint density at radius 2 is 2.10 bits per heavy atom. The number of rotatable bonds is 5. The maximum Gasteiger partial charge on any atom is 0.248 e. The van der Waals surface area contributed by atoms with Gasteiger partial charge in [-0.15, -0.1) is 0 Å². The molecule has 1 amide bonds. The van der Waals surface area contributed by atoms with Crippen molar-refractivity contribution in [3.8, 4) is 0 Å². The number of likely N-dealkylation sites (N-methyl/N-ethyl adjacent to an activating group) is 1. The highest BCUT2D eigenvalue weighted by Gasteiger charge is 2.11. The van der Waals surface area contributed by atoms with Gasteiger partial charge in [0, 0.05) is 57.6 Å². The number of primary amides is 1. The zero-order valence-electron chi connectivity index (χ0n) is 12.4. The molecule has 0 aliphatic carbocycles. The first-order chi connectivity index (χ1) is 9.58. The van der Waals surface area contributed by atoms with E-state index in [1.165, 1.54) is 0 Å². The maximum atomic E-state index is 11.2. The van der Waals surface area contributed by atoms with E-state index in [1.807, 2.05) is 25.1 Å². The molecule has 0 aromatic heterocycles. The summed E-state index contributed by atoms with van der Waals surface area (Å²) in [5.41, 5.74) is 7.99. The molecule has 5 heteroatoms. The van der Waals surface area contributed by atoms with Crippen molar-refractivity contribution in [2.24, 2.45) is 5.73 Å². The lowest BCUT2D eigenvalue weighted by molar-refractivity contribution is 0.1000. The highest BCUT2D eigenvalue weighted by Crippen LogP contribution is 2.18. The number of carbonyl (C=O) groups excluding carboxylic acids is 1. The number of anilines is 1. The molecule has 110 valence electrons. The zero-order chi connectivity index (χ0) is 14.5. The Bertz CT molecular complexity index is 469. The SMILES string of the molecule is Cc1cc(N(C)CCN2CCNCC2)ccc1C(N)=O. The third-order valence-electron chi connectivity index (χ3n) is 3.88. The van der Waals surface area contributed by atoms with Crippen LogP contribution in [0.25, 0.3) is 0 Å². The Hall–Kier alpha value is -1.59. The van der Waals surface area contributed by atoms with Crippen LogP contribution in [0, 0.1) is 6.92 Å². The number of benzene rings is 1. The molecule has 0 unspecified atom stereocenters. The van der Waals surface area contributed by atoms with Gasteiger partial charge in [-0.1, -0.05) is 0 Å². The van der Waals surface area contributed by atoms with Crippen LogP contribution in [0.5, 0.6) is 0 Å². The van der Waals surface area contributed by atoms with Crippen molar-refractivity contribution < 1.29 is 4.79 Å². The van der Waals surface area contributed by atoms with Gasteiger partial charge in [0.2, 0.25) is 5.91 Å². The fraction of sp³-hybridized carbons (Fsp3) is 0.533. The Morgan fingerprint density at radius 1 is 1.40 bits per heavy atom. The number of aryl methyl sites for hydroxylation is 1. The lowest BCUT2D eigenvalue weighted by Gasteiger charge is -2.30. The summed E-state index contributed by atoms with van der Waals surface area (Å²) >= 11 is 0. The van der Waals surface area contributed by atoms with Crippen molar-refractivity contribution in [3.63, 3.8) is 0 Å². The highest BCUT2D eigenvalue weighted by molar-refractivity contribution is 5.94. The van der Waals surface area contributed by atoms with Crippen LogP contribution in [-0.4, -0.2) is 57.1 Å². The topological polar surface area (TPSA) is 61.6 Å². The molecule has 1 aliphatic heterocycles. The number of amides is 1. The van der Waals surface area contributed by atoms with Gasteiger partial charge in [0.1, 0.15) is 0 Å². The van der Waals surface area contributed by atoms with Crippen molar-refractivity contribution in [3.05, 3.63) is 29.3 Å². The average molecular weight is 276 g/mol. The number of carbonyl (C=O) groups is 1. The number of nitrogens with two attached hydrogens (primary N) is 1. The molecule has 3 N–H and O–H groups in total. The molecule has 1 saturated heterocycles. The molecule has 5 nitrogen and oxygen atoms in total. The molecular formula is C15H24N4O. The molecule has 2 rings (SSSR count). The lowest BCUT2D eigenvalue weighted by atomic mass is 10.1. The summed E-state index contributed by atoms with van der Waals surface area (Å²) in [6.07, 6.45) is 0. The van der Waals surface area contributed by atoms with Gasteiger partial charge in [-0.2, -0.15) is 0 Å². The summed E-state index contributed by atoms with van der Waals surface area (Å²) in [7, 11) is 2.08. The van der Waals surface area contributed by atoms with Gasteiger partial charge in [-0.25, -0.2) is 0 Å². The van der Waals surface area contributed by atoms with Gasteiger partial charge in [-0.05, 0) is 30.7 Å². The van der Waals surface area contributed by atoms with Gasteiger partial charge >= 0.3 is 0 Å². The fourth-order valence-electron chi connectivity index (χ4n) is 2.52. The number of nitrogens with zero attached hydrogens (tertiary/aromatic N) is 2. The second-order valence-corrected chi connectivity index (χ2v) is 5.38. The van der Waals surface area contributed by atoms with Crippen LogP contribution in [0.2, 0.25) is 0 Å². The van der Waals surface area contributed by atoms with Crippen LogP contribution < -0.4 is 16.0 Å². The molecule has 0 saturated carbocycles. The quantitative estimate of drug-likeness (QED) is 0.819. The largest absolute Gasteiger partial charge is 0.373 e. The monoisotopic (exact) mass is 276 g/mol. The Labute approximate surface area is 120 Å². The number of nitrogens with one attached hydrogen (secondary N) is 1. The minimum absolute atomic E-state index is 0.363. The lowest BCUT2D eigenvalue weighted by Crippen LogP contribution is -2.46. The van der Waals surface area contributed by atoms with Gasteiger partial charge in [0.05, 0.1) is 0 Å². The molecule has 0 atom stereocenters. The van der Waals surface area contributed by atoms with Crippen LogP contribution in [0.15, 0.2) is 18.2 Å². The average Bonchev–Trinajstić information content (AvgIpc) is 2.45. The van der Waals surface area contributed by atoms with E-state index in [1.54, 1.807) is 0 Å². The molecule has 20 heavy (non-hydrogen) atoms. The third kappa shape index (κ3) is 3.71. The van der Waals surface area contributed by atoms with Crippen LogP contribution in [-0.2, 0) is 0 Å². The summed E-state index contributed by atoms with van der Waals surface area (Å²) in [6, 6.07) is 5.80. The van der Waals surface area contributed by atoms with Crippen LogP contribution >= 0.6 is 0 Å². The normalized spacial score (nSPS) is 16.1. The first kappa shape index (κ1) is 14.8. The Balaban J connectivity index is 1.93. The van der Waals surface area contributed by atoms with Crippen LogP contribution in [0.1, 0.15) is 15.9 Å². The van der Waals surface area contributed by atoms with E-state index in [0.717, 1.165) is 50.5 Å². The van der Waals surface area contributed by atoms with E-state index in [0.29, 0.717) is 5.56 Å². The summed E-state index contributed by atoms with van der Waals surface area (Å²) in [4.78, 5) is 15.9. The van der Waals surface area contributed by atoms with Gasteiger partial charge in [0.15, 0.2) is 0 Å². The molecular weight excluding hydrogens is 252 g/mol. The second kappa shape index (κ2) is 6.72. The third-order valence-corrected chi connectivity index (χ3v) is 3.88. The van der Waals surface area contributed by atoms with E-state index in [2.05, 4.69) is 22.2 Å². The van der Waals surface area contributed by atoms with E-state index >= 15 is 0 Å². The molecule has 0 radical (unpaired) electrons. The van der Waals surface area contributed by atoms with Crippen molar-refractivity contribution in [1.82, 2.24) is 10.2 Å². The first-order valence-corrected chi connectivity index (χ1v) is 7.12. The summed E-state index contributed by atoms with van der Waals surface area (Å²) < 4.78 is 0. The van der Waals surface area contributed by atoms with E-state index in [4.69, 9.17) is 5.73 Å². The van der Waals surface area contributed by atoms with E-state index < -0.39 is 0 Å². The minimum Gasteiger partial charge on any atom is -0.373 e. The maximum absolute atomic E-state index is 11.2. The number of piperazine rings is 1. The number of hydrogen-bond acceptors (Lipinski definition) is 4. The van der Waals surface area contributed by atoms with Crippen LogP contribution in [0.4, 0.5) is 5.69 Å². The van der Waals surface area contributed by atoms with Gasteiger partial charge < -0.3 is 16.0 Å². The second-order valence-electron chi connectivity index (χ2n) is 5.38. The molecule has 1 heterocycles. The van der Waals surface area contributed by atoms with Gasteiger partial charge in [-0.3, -0.25) is 9.69 Å². The smallest absolute Gasteiger partial charge is 0.248 e. The van der Waals surface area contributed by atoms with Crippen molar-refractivity contribution in [2.75, 3.05) is 51.2 Å². The first-order valence-electron chi connectivity index (χ1n) is 7.12. The standard InChI is InChI=1S/C15H24N4O/c1-12-11-13(3-4-14(12)15(16)20)18(2)9-10-19-7-5-17-6-8-19/h3-4,11,17H,5-10H2,1-2H3,(H2,16,20). The summed E-state index contributed by atoms with van der Waals surface area (Å²) in [5, 5.41) is 3.36. The molecule has 0 bridgehead atoms. The minimum atomic E-state index is -0.363. The predicted molar refractivity (Wildman–Crippen MR) is 82.3 cm³/mol. The molecule has 0 spiro atoms. The fourth-order valence-corrected chi connectivity index (χ4v) is 2.52. The number of hydrogen-bond donors (Lipinski definition) is 2. The molecule has 1 aromatic carbocycles. The Kier molecular flexibility index (Phi) is 4.98. The molecule has 1 aromatic rings. The predicted octanol–water partition coefficient (Wildman–Crippen LogP) is 0.435. The molecule has 1 fully saturated rings. The van der Waals surface area contributed by atoms with E-state index in [-0.39, 0.29) is 5.91 Å². The molecule has 1 aliphatic rings. The summed E-state index contributed by atoms with van der Waals surface area (Å²) in [5.74, 6) is -0.363. The van der Waals surface area contributed by atoms with Crippen LogP contribution in [0.3, 0.4) is 0 Å². The zero-order valence-corrected chi connectivity index (χ0v) is 12.4. The van der Waals surface area contributed by atoms with Crippen molar-refractivity contribution >= 4 is 11.6 Å². The van der Waals surface area contributed by atoms with Crippen molar-refractivity contribution in [2.45, 2.75) is 6.92 Å².